The highest BCUT2D eigenvalue weighted by molar-refractivity contribution is 7.91. The molecule has 6 fully saturated rings. The topological polar surface area (TPSA) is 183 Å². The van der Waals surface area contributed by atoms with Crippen molar-refractivity contribution in [2.75, 3.05) is 129 Å². The number of fused-ring (bicyclic) bond motifs is 10. The predicted molar refractivity (Wildman–Crippen MR) is 422 cm³/mol. The Labute approximate surface area is 657 Å². The number of methoxy groups -OCH3 is 2. The fourth-order valence-electron chi connectivity index (χ4n) is 21.0. The first-order chi connectivity index (χ1) is 52.4. The molecule has 12 aliphatic rings. The first kappa shape index (κ1) is 79.7. The number of carbonyl (C=O) groups is 2. The number of nitrogens with zero attached hydrogens (tertiary/aromatic N) is 6. The Balaban J connectivity index is 0.000000175. The predicted octanol–water partition coefficient (Wildman–Crippen LogP) is 13.4. The summed E-state index contributed by atoms with van der Waals surface area (Å²) in [5.74, 6) is -5.18. The minimum atomic E-state index is -4.02. The van der Waals surface area contributed by atoms with E-state index in [9.17, 15) is 44.0 Å². The van der Waals surface area contributed by atoms with Gasteiger partial charge >= 0.3 is 0 Å². The Hall–Kier alpha value is -5.54. The zero-order chi connectivity index (χ0) is 77.5. The summed E-state index contributed by atoms with van der Waals surface area (Å²) < 4.78 is 144. The smallest absolute Gasteiger partial charge is 0.264 e. The molecule has 2 saturated carbocycles. The second-order valence-corrected chi connectivity index (χ2v) is 39.8. The molecule has 4 aromatic carbocycles. The van der Waals surface area contributed by atoms with Crippen LogP contribution in [-0.4, -0.2) is 213 Å². The molecule has 16 rings (SSSR count). The lowest BCUT2D eigenvalue weighted by Gasteiger charge is -2.53. The zero-order valence-electron chi connectivity index (χ0n) is 64.5. The number of piperidine rings is 2. The van der Waals surface area contributed by atoms with Crippen LogP contribution >= 0.6 is 23.2 Å². The molecule has 4 saturated heterocycles. The monoisotopic (exact) mass is 1600 g/mol. The summed E-state index contributed by atoms with van der Waals surface area (Å²) in [5.41, 5.74) is 4.94. The molecular weight excluding hydrogens is 1490 g/mol. The highest BCUT2D eigenvalue weighted by atomic mass is 35.5. The molecule has 18 nitrogen and oxygen atoms in total. The normalized spacial score (nSPS) is 35.6. The van der Waals surface area contributed by atoms with Crippen LogP contribution in [0.25, 0.3) is 0 Å². The van der Waals surface area contributed by atoms with E-state index in [1.807, 2.05) is 38.1 Å². The number of alkyl halides is 4. The molecule has 4 aromatic rings. The van der Waals surface area contributed by atoms with Crippen LogP contribution in [0.1, 0.15) is 161 Å². The number of halogens is 6. The van der Waals surface area contributed by atoms with Crippen molar-refractivity contribution in [1.29, 1.82) is 0 Å². The number of carbonyl (C=O) groups excluding carboxylic acids is 2. The van der Waals surface area contributed by atoms with E-state index in [2.05, 4.69) is 75.3 Å². The summed E-state index contributed by atoms with van der Waals surface area (Å²) >= 11 is 13.0. The highest BCUT2D eigenvalue weighted by Crippen LogP contribution is 2.53. The number of sulfonamides is 2. The third-order valence-electron chi connectivity index (χ3n) is 28.1. The van der Waals surface area contributed by atoms with Gasteiger partial charge in [0.2, 0.25) is 20.0 Å². The van der Waals surface area contributed by atoms with Crippen LogP contribution in [-0.2, 0) is 53.2 Å². The van der Waals surface area contributed by atoms with Gasteiger partial charge in [0.25, 0.3) is 23.7 Å². The molecule has 2 amide bonds. The van der Waals surface area contributed by atoms with Crippen molar-refractivity contribution in [2.24, 2.45) is 35.5 Å². The lowest BCUT2D eigenvalue weighted by Crippen LogP contribution is -2.62. The molecule has 14 atom stereocenters. The SMILES string of the molecule is CO[C@]1(CN2CCN3CCC(F)(F)CC3C2)/C=C/C[C@H](C)[C@@H](C)S(=O)(=O)NC(=O)c2ccc3c(c2)N(C[C@@H]2CC[C@H]21)C[C@@]1(CCCc2cc(Cl)ccc21)CO3.CO[C@]1(CN2CCN3CCC(F)(F)C[C@@H]3C2)/C=C/C[C@H](C)[C@@H](C)S(=O)(=O)NC(=O)c2ccc3c(c2)N(C[C@@H]2CC[C@H]21)C[C@@]1(CCCc2cc(Cl)ccc21)CO3. The number of anilines is 2. The lowest BCUT2D eigenvalue weighted by molar-refractivity contribution is -0.119. The van der Waals surface area contributed by atoms with Crippen molar-refractivity contribution in [3.63, 3.8) is 0 Å². The number of piperazine rings is 2. The van der Waals surface area contributed by atoms with Crippen LogP contribution in [0.15, 0.2) is 97.1 Å². The number of ether oxygens (including phenoxy) is 4. The fraction of sp³-hybridized carbons (Fsp3) is 0.643. The molecule has 1 unspecified atom stereocenters. The number of amides is 2. The third kappa shape index (κ3) is 16.0. The van der Waals surface area contributed by atoms with Gasteiger partial charge in [-0.1, -0.05) is 73.5 Å². The van der Waals surface area contributed by atoms with Gasteiger partial charge in [-0.05, 0) is 209 Å². The van der Waals surface area contributed by atoms with Crippen molar-refractivity contribution in [2.45, 2.75) is 187 Å². The maximum absolute atomic E-state index is 14.6. The number of rotatable bonds is 6. The van der Waals surface area contributed by atoms with E-state index in [-0.39, 0.29) is 95.2 Å². The molecular formula is C84H110Cl2F4N8O10S2. The highest BCUT2D eigenvalue weighted by Gasteiger charge is 2.55. The standard InChI is InChI=1S/2C42H55ClF2N4O5S/c2*1-28-6-4-15-41(53-3,26-47-18-19-48-17-16-42(44,45)22-34(48)24-47)36-11-8-32(36)23-49-25-40(14-5-7-30-20-33(43)10-12-35(30)40)27-54-38-13-9-31(21-37(38)49)39(50)46-55(51,52)29(28)2/h2*4,9-10,12-13,15,20-21,28-29,32,34,36H,5-8,11,14,16-19,22-27H2,1-3H3,(H,46,50)/b2*15-4+/t28-,29+,32-,34?,36+,40-,41-;28-,29+,32-,34+,36+,40-,41-/m00/s1. The molecule has 2 N–H and O–H groups in total. The summed E-state index contributed by atoms with van der Waals surface area (Å²) in [6, 6.07) is 22.5. The van der Waals surface area contributed by atoms with Crippen molar-refractivity contribution < 1.29 is 62.9 Å². The average molecular weight is 1600 g/mol. The van der Waals surface area contributed by atoms with Gasteiger partial charge in [-0.3, -0.25) is 29.2 Å². The van der Waals surface area contributed by atoms with Gasteiger partial charge in [0.15, 0.2) is 0 Å². The van der Waals surface area contributed by atoms with Gasteiger partial charge < -0.3 is 28.7 Å². The third-order valence-corrected chi connectivity index (χ3v) is 32.4. The Morgan fingerprint density at radius 1 is 0.527 bits per heavy atom. The van der Waals surface area contributed by atoms with Gasteiger partial charge in [0.05, 0.1) is 35.1 Å². The van der Waals surface area contributed by atoms with Crippen molar-refractivity contribution in [3.8, 4) is 11.5 Å². The zero-order valence-corrected chi connectivity index (χ0v) is 67.6. The van der Waals surface area contributed by atoms with E-state index < -0.39 is 65.4 Å². The van der Waals surface area contributed by atoms with Crippen LogP contribution in [0.5, 0.6) is 11.5 Å². The van der Waals surface area contributed by atoms with Crippen molar-refractivity contribution in [3.05, 3.63) is 141 Å². The van der Waals surface area contributed by atoms with E-state index in [0.29, 0.717) is 113 Å². The maximum Gasteiger partial charge on any atom is 0.264 e. The average Bonchev–Trinajstić information content (AvgIpc) is 1.41. The summed E-state index contributed by atoms with van der Waals surface area (Å²) in [6.07, 6.45) is 18.5. The Kier molecular flexibility index (Phi) is 22.6. The molecule has 4 aliphatic carbocycles. The minimum Gasteiger partial charge on any atom is -0.490 e. The number of nitrogens with one attached hydrogen (secondary N) is 2. The van der Waals surface area contributed by atoms with Crippen LogP contribution in [0.4, 0.5) is 28.9 Å². The number of hydrogen-bond acceptors (Lipinski definition) is 16. The Morgan fingerprint density at radius 3 is 1.34 bits per heavy atom. The van der Waals surface area contributed by atoms with Gasteiger partial charge in [-0.25, -0.2) is 43.8 Å². The van der Waals surface area contributed by atoms with Gasteiger partial charge in [0, 0.05) is 176 Å². The van der Waals surface area contributed by atoms with Gasteiger partial charge in [-0.15, -0.1) is 0 Å². The molecule has 600 valence electrons. The molecule has 8 aliphatic heterocycles. The molecule has 4 bridgehead atoms. The van der Waals surface area contributed by atoms with Crippen LogP contribution in [0, 0.1) is 35.5 Å². The van der Waals surface area contributed by atoms with E-state index in [1.54, 1.807) is 64.5 Å². The van der Waals surface area contributed by atoms with E-state index in [0.717, 1.165) is 102 Å². The summed E-state index contributed by atoms with van der Waals surface area (Å²) in [4.78, 5) is 41.1. The summed E-state index contributed by atoms with van der Waals surface area (Å²) in [7, 11) is -4.52. The van der Waals surface area contributed by atoms with Gasteiger partial charge in [0.1, 0.15) is 22.7 Å². The molecule has 8 heterocycles. The molecule has 0 aromatic heterocycles. The molecule has 26 heteroatoms. The van der Waals surface area contributed by atoms with E-state index >= 15 is 0 Å². The van der Waals surface area contributed by atoms with Crippen LogP contribution < -0.4 is 28.7 Å². The second-order valence-electron chi connectivity index (χ2n) is 34.8. The largest absolute Gasteiger partial charge is 0.490 e. The van der Waals surface area contributed by atoms with Gasteiger partial charge in [-0.2, -0.15) is 0 Å². The molecule has 2 spiro atoms. The minimum absolute atomic E-state index is 0.0826. The molecule has 0 radical (unpaired) electrons. The number of hydrogen-bond donors (Lipinski definition) is 2. The lowest BCUT2D eigenvalue weighted by atomic mass is 9.63. The Morgan fingerprint density at radius 2 is 0.945 bits per heavy atom. The number of aryl methyl sites for hydroxylation is 2. The number of allylic oxidation sites excluding steroid dienone is 2. The first-order valence-corrected chi connectivity index (χ1v) is 44.1. The van der Waals surface area contributed by atoms with Crippen LogP contribution in [0.3, 0.4) is 0 Å². The molecule has 110 heavy (non-hydrogen) atoms. The summed E-state index contributed by atoms with van der Waals surface area (Å²) in [5, 5.41) is -0.256. The van der Waals surface area contributed by atoms with Crippen LogP contribution in [0.2, 0.25) is 10.0 Å². The van der Waals surface area contributed by atoms with Crippen molar-refractivity contribution >= 4 is 66.4 Å². The maximum atomic E-state index is 14.6. The van der Waals surface area contributed by atoms with Crippen molar-refractivity contribution in [1.82, 2.24) is 29.0 Å². The first-order valence-electron chi connectivity index (χ1n) is 40.3. The van der Waals surface area contributed by atoms with E-state index in [1.165, 1.54) is 22.3 Å². The summed E-state index contributed by atoms with van der Waals surface area (Å²) in [6.45, 7) is 16.8. The fourth-order valence-corrected chi connectivity index (χ4v) is 24.0. The quantitative estimate of drug-likeness (QED) is 0.137. The second kappa shape index (κ2) is 31.2. The Bertz CT molecular complexity index is 4140. The number of benzene rings is 4. The van der Waals surface area contributed by atoms with E-state index in [4.69, 9.17) is 42.1 Å².